The number of hydrogen-bond donors (Lipinski definition) is 0. The zero-order chi connectivity index (χ0) is 14.9. The number of sulfonamides is 1. The molecule has 3 heterocycles. The fourth-order valence-electron chi connectivity index (χ4n) is 2.26. The normalized spacial score (nSPS) is 15.0. The Morgan fingerprint density at radius 1 is 1.43 bits per heavy atom. The zero-order valence-electron chi connectivity index (χ0n) is 11.6. The molecule has 8 heteroatoms. The third-order valence-electron chi connectivity index (χ3n) is 3.23. The highest BCUT2D eigenvalue weighted by molar-refractivity contribution is 8.00. The Kier molecular flexibility index (Phi) is 3.90. The zero-order valence-corrected chi connectivity index (χ0v) is 13.3. The summed E-state index contributed by atoms with van der Waals surface area (Å²) in [7, 11) is -3.62. The van der Waals surface area contributed by atoms with E-state index in [2.05, 4.69) is 9.97 Å². The van der Waals surface area contributed by atoms with E-state index in [0.717, 1.165) is 23.6 Å². The van der Waals surface area contributed by atoms with Crippen molar-refractivity contribution in [3.05, 3.63) is 31.0 Å². The van der Waals surface area contributed by atoms with Crippen LogP contribution in [0.4, 0.5) is 5.69 Å². The van der Waals surface area contributed by atoms with Gasteiger partial charge in [-0.15, -0.1) is 11.8 Å². The molecule has 0 aromatic carbocycles. The van der Waals surface area contributed by atoms with Gasteiger partial charge in [0.25, 0.3) is 10.0 Å². The summed E-state index contributed by atoms with van der Waals surface area (Å²) >= 11 is 1.65. The second kappa shape index (κ2) is 5.69. The van der Waals surface area contributed by atoms with Crippen molar-refractivity contribution in [3.8, 4) is 0 Å². The molecule has 1 aliphatic heterocycles. The Labute approximate surface area is 128 Å². The lowest BCUT2D eigenvalue weighted by Crippen LogP contribution is -2.35. The molecule has 112 valence electrons. The van der Waals surface area contributed by atoms with E-state index in [4.69, 9.17) is 0 Å². The molecule has 0 saturated heterocycles. The molecule has 0 atom stereocenters. The fraction of sp³-hybridized carbons (Fsp3) is 0.385. The summed E-state index contributed by atoms with van der Waals surface area (Å²) in [5.74, 6) is 0.728. The van der Waals surface area contributed by atoms with E-state index in [9.17, 15) is 8.42 Å². The Bertz CT molecular complexity index is 742. The summed E-state index contributed by atoms with van der Waals surface area (Å²) in [6.45, 7) is 3.24. The van der Waals surface area contributed by atoms with Crippen molar-refractivity contribution >= 4 is 27.5 Å². The van der Waals surface area contributed by atoms with Crippen molar-refractivity contribution in [1.82, 2.24) is 14.5 Å². The average molecular weight is 324 g/mol. The molecule has 0 spiro atoms. The van der Waals surface area contributed by atoms with E-state index in [1.54, 1.807) is 41.2 Å². The lowest BCUT2D eigenvalue weighted by Gasteiger charge is -2.28. The number of aryl methyl sites for hydroxylation is 1. The van der Waals surface area contributed by atoms with Gasteiger partial charge in [0.15, 0.2) is 5.03 Å². The second-order valence-corrected chi connectivity index (χ2v) is 7.66. The van der Waals surface area contributed by atoms with E-state index in [1.807, 2.05) is 13.0 Å². The van der Waals surface area contributed by atoms with E-state index in [0.29, 0.717) is 12.2 Å². The van der Waals surface area contributed by atoms with Gasteiger partial charge in [-0.05, 0) is 12.5 Å². The molecule has 0 bridgehead atoms. The van der Waals surface area contributed by atoms with Crippen molar-refractivity contribution in [2.75, 3.05) is 16.6 Å². The first kappa shape index (κ1) is 14.4. The second-order valence-electron chi connectivity index (χ2n) is 4.72. The number of hydrogen-bond acceptors (Lipinski definition) is 5. The van der Waals surface area contributed by atoms with E-state index in [1.165, 1.54) is 4.31 Å². The Hall–Kier alpha value is -1.54. The van der Waals surface area contributed by atoms with Gasteiger partial charge in [0, 0.05) is 36.1 Å². The largest absolute Gasteiger partial charge is 0.336 e. The molecule has 0 amide bonds. The van der Waals surface area contributed by atoms with Crippen LogP contribution in [0.2, 0.25) is 0 Å². The molecule has 2 aromatic rings. The van der Waals surface area contributed by atoms with Crippen LogP contribution in [-0.4, -0.2) is 35.3 Å². The lowest BCUT2D eigenvalue weighted by molar-refractivity contribution is 0.587. The molecule has 1 aliphatic rings. The Morgan fingerprint density at radius 3 is 3.10 bits per heavy atom. The van der Waals surface area contributed by atoms with Crippen LogP contribution in [0.3, 0.4) is 0 Å². The molecule has 0 saturated carbocycles. The van der Waals surface area contributed by atoms with Gasteiger partial charge in [0.05, 0.1) is 18.2 Å². The molecule has 0 radical (unpaired) electrons. The summed E-state index contributed by atoms with van der Waals surface area (Å²) < 4.78 is 28.8. The lowest BCUT2D eigenvalue weighted by atomic mass is 10.4. The first-order valence-electron chi connectivity index (χ1n) is 6.74. The SMILES string of the molecule is CCCn1cnc(S(=O)(=O)N2CCSc3ccncc32)c1. The fourth-order valence-corrected chi connectivity index (χ4v) is 4.80. The minimum Gasteiger partial charge on any atom is -0.336 e. The summed E-state index contributed by atoms with van der Waals surface area (Å²) in [4.78, 5) is 9.04. The first-order chi connectivity index (χ1) is 10.1. The highest BCUT2D eigenvalue weighted by Crippen LogP contribution is 2.36. The number of aromatic nitrogens is 3. The summed E-state index contributed by atoms with van der Waals surface area (Å²) in [5.41, 5.74) is 0.638. The topological polar surface area (TPSA) is 68.1 Å². The number of nitrogens with zero attached hydrogens (tertiary/aromatic N) is 4. The van der Waals surface area contributed by atoms with Crippen molar-refractivity contribution in [2.45, 2.75) is 29.8 Å². The van der Waals surface area contributed by atoms with Crippen LogP contribution >= 0.6 is 11.8 Å². The molecule has 3 rings (SSSR count). The minimum absolute atomic E-state index is 0.0950. The van der Waals surface area contributed by atoms with Crippen molar-refractivity contribution in [3.63, 3.8) is 0 Å². The van der Waals surface area contributed by atoms with Gasteiger partial charge in [0.2, 0.25) is 0 Å². The molecule has 21 heavy (non-hydrogen) atoms. The maximum absolute atomic E-state index is 12.8. The van der Waals surface area contributed by atoms with Gasteiger partial charge in [-0.1, -0.05) is 6.92 Å². The minimum atomic E-state index is -3.62. The number of fused-ring (bicyclic) bond motifs is 1. The number of rotatable bonds is 4. The highest BCUT2D eigenvalue weighted by Gasteiger charge is 2.31. The van der Waals surface area contributed by atoms with E-state index >= 15 is 0 Å². The number of anilines is 1. The predicted molar refractivity (Wildman–Crippen MR) is 82.0 cm³/mol. The van der Waals surface area contributed by atoms with Crippen LogP contribution in [-0.2, 0) is 16.6 Å². The summed E-state index contributed by atoms with van der Waals surface area (Å²) in [6, 6.07) is 1.84. The first-order valence-corrected chi connectivity index (χ1v) is 9.17. The Balaban J connectivity index is 1.99. The molecule has 0 N–H and O–H groups in total. The maximum Gasteiger partial charge on any atom is 0.283 e. The third-order valence-corrected chi connectivity index (χ3v) is 5.97. The van der Waals surface area contributed by atoms with Crippen LogP contribution in [0.5, 0.6) is 0 Å². The van der Waals surface area contributed by atoms with Crippen molar-refractivity contribution < 1.29 is 8.42 Å². The van der Waals surface area contributed by atoms with Gasteiger partial charge in [-0.2, -0.15) is 8.42 Å². The quantitative estimate of drug-likeness (QED) is 0.860. The highest BCUT2D eigenvalue weighted by atomic mass is 32.2. The maximum atomic E-state index is 12.8. The molecule has 2 aromatic heterocycles. The van der Waals surface area contributed by atoms with Gasteiger partial charge < -0.3 is 4.57 Å². The van der Waals surface area contributed by atoms with Gasteiger partial charge in [-0.25, -0.2) is 4.98 Å². The molecular formula is C13H16N4O2S2. The van der Waals surface area contributed by atoms with Crippen molar-refractivity contribution in [1.29, 1.82) is 0 Å². The van der Waals surface area contributed by atoms with Crippen molar-refractivity contribution in [2.24, 2.45) is 0 Å². The smallest absolute Gasteiger partial charge is 0.283 e. The van der Waals surface area contributed by atoms with Gasteiger partial charge >= 0.3 is 0 Å². The van der Waals surface area contributed by atoms with E-state index in [-0.39, 0.29) is 5.03 Å². The van der Waals surface area contributed by atoms with Crippen LogP contribution < -0.4 is 4.31 Å². The third kappa shape index (κ3) is 2.65. The number of imidazole rings is 1. The standard InChI is InChI=1S/C13H16N4O2S2/c1-2-5-16-9-13(15-10-16)21(18,19)17-6-7-20-12-3-4-14-8-11(12)17/h3-4,8-10H,2,5-7H2,1H3. The predicted octanol–water partition coefficient (Wildman–Crippen LogP) is 1.99. The number of thioether (sulfide) groups is 1. The molecular weight excluding hydrogens is 308 g/mol. The van der Waals surface area contributed by atoms with Crippen LogP contribution in [0.15, 0.2) is 40.9 Å². The van der Waals surface area contributed by atoms with Gasteiger partial charge in [0.1, 0.15) is 0 Å². The molecule has 0 unspecified atom stereocenters. The monoisotopic (exact) mass is 324 g/mol. The molecule has 6 nitrogen and oxygen atoms in total. The molecule has 0 aliphatic carbocycles. The van der Waals surface area contributed by atoms with Crippen LogP contribution in [0.1, 0.15) is 13.3 Å². The Morgan fingerprint density at radius 2 is 2.29 bits per heavy atom. The van der Waals surface area contributed by atoms with E-state index < -0.39 is 10.0 Å². The summed E-state index contributed by atoms with van der Waals surface area (Å²) in [5, 5.41) is 0.0950. The van der Waals surface area contributed by atoms with Crippen LogP contribution in [0.25, 0.3) is 0 Å². The summed E-state index contributed by atoms with van der Waals surface area (Å²) in [6.07, 6.45) is 7.37. The molecule has 0 fully saturated rings. The van der Waals surface area contributed by atoms with Gasteiger partial charge in [-0.3, -0.25) is 9.29 Å². The average Bonchev–Trinajstić information content (AvgIpc) is 2.96. The number of pyridine rings is 1. The van der Waals surface area contributed by atoms with Crippen LogP contribution in [0, 0.1) is 0 Å².